The van der Waals surface area contributed by atoms with Crippen molar-refractivity contribution in [3.8, 4) is 11.4 Å². The molecule has 0 amide bonds. The summed E-state index contributed by atoms with van der Waals surface area (Å²) in [6.45, 7) is 0.500. The van der Waals surface area contributed by atoms with Crippen molar-refractivity contribution in [3.05, 3.63) is 27.8 Å². The minimum absolute atomic E-state index is 0.116. The van der Waals surface area contributed by atoms with E-state index < -0.39 is 5.97 Å². The summed E-state index contributed by atoms with van der Waals surface area (Å²) in [6, 6.07) is 7.80. The van der Waals surface area contributed by atoms with Gasteiger partial charge in [0, 0.05) is 22.1 Å². The number of tetrazole rings is 1. The Hall–Kier alpha value is -1.51. The number of aliphatic carboxylic acids is 1. The largest absolute Gasteiger partial charge is 0.481 e. The lowest BCUT2D eigenvalue weighted by Crippen LogP contribution is -2.06. The van der Waals surface area contributed by atoms with Crippen molar-refractivity contribution in [2.75, 3.05) is 0 Å². The molecule has 1 heterocycles. The van der Waals surface area contributed by atoms with Gasteiger partial charge < -0.3 is 5.11 Å². The third-order valence-electron chi connectivity index (χ3n) is 2.41. The maximum Gasteiger partial charge on any atom is 0.303 e. The zero-order valence-electron chi connectivity index (χ0n) is 9.45. The predicted molar refractivity (Wildman–Crippen MR) is 72.8 cm³/mol. The summed E-state index contributed by atoms with van der Waals surface area (Å²) in [6.07, 6.45) is 0.627. The molecule has 0 fully saturated rings. The number of benzene rings is 1. The van der Waals surface area contributed by atoms with E-state index in [0.717, 1.165) is 9.13 Å². The van der Waals surface area contributed by atoms with Gasteiger partial charge >= 0.3 is 5.97 Å². The van der Waals surface area contributed by atoms with Gasteiger partial charge in [0.1, 0.15) is 0 Å². The summed E-state index contributed by atoms with van der Waals surface area (Å²) in [5.74, 6) is -0.135. The highest BCUT2D eigenvalue weighted by atomic mass is 127. The average molecular weight is 358 g/mol. The smallest absolute Gasteiger partial charge is 0.303 e. The Morgan fingerprint density at radius 2 is 2.17 bits per heavy atom. The summed E-state index contributed by atoms with van der Waals surface area (Å²) in [5, 5.41) is 20.1. The van der Waals surface area contributed by atoms with Crippen LogP contribution in [0.5, 0.6) is 0 Å². The van der Waals surface area contributed by atoms with Crippen LogP contribution in [0.15, 0.2) is 24.3 Å². The van der Waals surface area contributed by atoms with Crippen molar-refractivity contribution >= 4 is 28.6 Å². The number of aromatic nitrogens is 4. The monoisotopic (exact) mass is 358 g/mol. The minimum atomic E-state index is -0.807. The number of nitrogens with zero attached hydrogens (tertiary/aromatic N) is 4. The van der Waals surface area contributed by atoms with E-state index in [-0.39, 0.29) is 6.42 Å². The summed E-state index contributed by atoms with van der Waals surface area (Å²) in [5.41, 5.74) is 0.957. The molecule has 1 aromatic carbocycles. The second-order valence-corrected chi connectivity index (χ2v) is 4.86. The first-order valence-electron chi connectivity index (χ1n) is 5.41. The minimum Gasteiger partial charge on any atom is -0.481 e. The fourth-order valence-corrected chi connectivity index (χ4v) is 2.20. The Balaban J connectivity index is 2.18. The Kier molecular flexibility index (Phi) is 4.24. The number of halogens is 1. The fourth-order valence-electron chi connectivity index (χ4n) is 1.57. The lowest BCUT2D eigenvalue weighted by molar-refractivity contribution is -0.137. The molecule has 0 saturated carbocycles. The highest BCUT2D eigenvalue weighted by molar-refractivity contribution is 14.1. The molecule has 0 aliphatic heterocycles. The second-order valence-electron chi connectivity index (χ2n) is 3.70. The molecule has 7 heteroatoms. The summed E-state index contributed by atoms with van der Waals surface area (Å²) in [4.78, 5) is 10.5. The van der Waals surface area contributed by atoms with Gasteiger partial charge in [-0.3, -0.25) is 4.79 Å². The van der Waals surface area contributed by atoms with Gasteiger partial charge in [-0.05, 0) is 45.5 Å². The van der Waals surface area contributed by atoms with Crippen LogP contribution in [-0.4, -0.2) is 31.3 Å². The van der Waals surface area contributed by atoms with Crippen molar-refractivity contribution in [1.82, 2.24) is 20.2 Å². The topological polar surface area (TPSA) is 80.9 Å². The van der Waals surface area contributed by atoms with E-state index >= 15 is 0 Å². The van der Waals surface area contributed by atoms with Crippen LogP contribution in [0.3, 0.4) is 0 Å². The zero-order valence-corrected chi connectivity index (χ0v) is 11.6. The van der Waals surface area contributed by atoms with E-state index in [1.54, 1.807) is 4.68 Å². The van der Waals surface area contributed by atoms with Gasteiger partial charge in [-0.25, -0.2) is 4.68 Å². The Morgan fingerprint density at radius 3 is 2.89 bits per heavy atom. The zero-order chi connectivity index (χ0) is 13.0. The van der Waals surface area contributed by atoms with Gasteiger partial charge in [-0.1, -0.05) is 18.2 Å². The Labute approximate surface area is 117 Å². The van der Waals surface area contributed by atoms with E-state index in [1.165, 1.54) is 0 Å². The van der Waals surface area contributed by atoms with E-state index in [9.17, 15) is 4.79 Å². The summed E-state index contributed by atoms with van der Waals surface area (Å²) < 4.78 is 2.70. The molecule has 0 saturated heterocycles. The first kappa shape index (κ1) is 12.9. The number of carbonyl (C=O) groups is 1. The third-order valence-corrected chi connectivity index (χ3v) is 3.35. The number of rotatable bonds is 5. The lowest BCUT2D eigenvalue weighted by Gasteiger charge is -2.05. The average Bonchev–Trinajstić information content (AvgIpc) is 2.77. The van der Waals surface area contributed by atoms with Crippen LogP contribution in [0, 0.1) is 3.57 Å². The molecule has 1 aromatic heterocycles. The molecule has 2 aromatic rings. The second kappa shape index (κ2) is 5.89. The number of carboxylic acids is 1. The SMILES string of the molecule is O=C(O)CCCn1nnnc1-c1ccccc1I. The van der Waals surface area contributed by atoms with E-state index in [4.69, 9.17) is 5.11 Å². The molecule has 2 rings (SSSR count). The molecule has 0 aliphatic rings. The normalized spacial score (nSPS) is 10.5. The number of carboxylic acid groups (broad SMARTS) is 1. The molecule has 0 radical (unpaired) electrons. The van der Waals surface area contributed by atoms with Crippen molar-refractivity contribution < 1.29 is 9.90 Å². The standard InChI is InChI=1S/C11H11IN4O2/c12-9-5-2-1-4-8(9)11-13-14-15-16(11)7-3-6-10(17)18/h1-2,4-5H,3,6-7H2,(H,17,18). The van der Waals surface area contributed by atoms with Gasteiger partial charge in [-0.15, -0.1) is 5.10 Å². The Bertz CT molecular complexity index is 555. The molecule has 18 heavy (non-hydrogen) atoms. The van der Waals surface area contributed by atoms with E-state index in [0.29, 0.717) is 18.8 Å². The molecule has 94 valence electrons. The molecule has 0 atom stereocenters. The van der Waals surface area contributed by atoms with Crippen LogP contribution in [0.4, 0.5) is 0 Å². The molecule has 0 aliphatic carbocycles. The van der Waals surface area contributed by atoms with Crippen LogP contribution in [-0.2, 0) is 11.3 Å². The molecule has 0 bridgehead atoms. The van der Waals surface area contributed by atoms with Crippen molar-refractivity contribution in [2.24, 2.45) is 0 Å². The Morgan fingerprint density at radius 1 is 1.39 bits per heavy atom. The van der Waals surface area contributed by atoms with Gasteiger partial charge in [0.25, 0.3) is 0 Å². The molecular weight excluding hydrogens is 347 g/mol. The lowest BCUT2D eigenvalue weighted by atomic mass is 10.2. The van der Waals surface area contributed by atoms with Crippen LogP contribution in [0.2, 0.25) is 0 Å². The fraction of sp³-hybridized carbons (Fsp3) is 0.273. The summed E-state index contributed by atoms with van der Waals surface area (Å²) in [7, 11) is 0. The van der Waals surface area contributed by atoms with Crippen molar-refractivity contribution in [3.63, 3.8) is 0 Å². The van der Waals surface area contributed by atoms with E-state index in [1.807, 2.05) is 24.3 Å². The molecule has 0 spiro atoms. The quantitative estimate of drug-likeness (QED) is 0.825. The third kappa shape index (κ3) is 3.03. The molecular formula is C11H11IN4O2. The van der Waals surface area contributed by atoms with Gasteiger partial charge in [0.15, 0.2) is 5.82 Å². The highest BCUT2D eigenvalue weighted by Gasteiger charge is 2.11. The molecule has 1 N–H and O–H groups in total. The highest BCUT2D eigenvalue weighted by Crippen LogP contribution is 2.22. The van der Waals surface area contributed by atoms with Crippen molar-refractivity contribution in [2.45, 2.75) is 19.4 Å². The first-order valence-corrected chi connectivity index (χ1v) is 6.49. The number of hydrogen-bond donors (Lipinski definition) is 1. The maximum absolute atomic E-state index is 10.5. The van der Waals surface area contributed by atoms with Crippen LogP contribution in [0.1, 0.15) is 12.8 Å². The van der Waals surface area contributed by atoms with Crippen LogP contribution in [0.25, 0.3) is 11.4 Å². The van der Waals surface area contributed by atoms with E-state index in [2.05, 4.69) is 38.1 Å². The first-order chi connectivity index (χ1) is 8.68. The van der Waals surface area contributed by atoms with Gasteiger partial charge in [0.05, 0.1) is 0 Å². The van der Waals surface area contributed by atoms with Gasteiger partial charge in [0.2, 0.25) is 0 Å². The van der Waals surface area contributed by atoms with Gasteiger partial charge in [-0.2, -0.15) is 0 Å². The number of aryl methyl sites for hydroxylation is 1. The van der Waals surface area contributed by atoms with Crippen molar-refractivity contribution in [1.29, 1.82) is 0 Å². The number of hydrogen-bond acceptors (Lipinski definition) is 4. The predicted octanol–water partition coefficient (Wildman–Crippen LogP) is 1.81. The van der Waals surface area contributed by atoms with Crippen LogP contribution >= 0.6 is 22.6 Å². The van der Waals surface area contributed by atoms with Crippen LogP contribution < -0.4 is 0 Å². The summed E-state index contributed by atoms with van der Waals surface area (Å²) >= 11 is 2.22. The molecule has 6 nitrogen and oxygen atoms in total. The molecule has 0 unspecified atom stereocenters. The maximum atomic E-state index is 10.5.